The molecule has 7 atom stereocenters. The molecule has 0 radical (unpaired) electrons. The van der Waals surface area contributed by atoms with E-state index in [0.717, 1.165) is 11.1 Å². The smallest absolute Gasteiger partial charge is 0.187 e. The van der Waals surface area contributed by atoms with Gasteiger partial charge in [-0.2, -0.15) is 0 Å². The van der Waals surface area contributed by atoms with Gasteiger partial charge in [0.1, 0.15) is 24.4 Å². The number of aliphatic hydroxyl groups excluding tert-OH is 5. The van der Waals surface area contributed by atoms with Crippen LogP contribution in [-0.2, 0) is 22.3 Å². The van der Waals surface area contributed by atoms with Crippen LogP contribution in [0.4, 0.5) is 0 Å². The van der Waals surface area contributed by atoms with Gasteiger partial charge in [-0.3, -0.25) is 0 Å². The molecule has 2 unspecified atom stereocenters. The van der Waals surface area contributed by atoms with Crippen molar-refractivity contribution in [3.8, 4) is 23.0 Å². The summed E-state index contributed by atoms with van der Waals surface area (Å²) < 4.78 is 21.7. The summed E-state index contributed by atoms with van der Waals surface area (Å²) in [5.74, 6) is 0.696. The van der Waals surface area contributed by atoms with E-state index in [1.54, 1.807) is 30.3 Å². The number of phenols is 2. The summed E-state index contributed by atoms with van der Waals surface area (Å²) in [7, 11) is 2.91. The van der Waals surface area contributed by atoms with Crippen LogP contribution in [0, 0.1) is 0 Å². The number of rotatable bonds is 13. The van der Waals surface area contributed by atoms with E-state index in [1.165, 1.54) is 20.3 Å². The monoisotopic (exact) mass is 538 g/mol. The molecule has 1 aliphatic heterocycles. The molecule has 0 aliphatic carbocycles. The number of aliphatic hydroxyl groups is 5. The lowest BCUT2D eigenvalue weighted by Crippen LogP contribution is -2.60. The first kappa shape index (κ1) is 29.9. The summed E-state index contributed by atoms with van der Waals surface area (Å²) in [6, 6.07) is 9.93. The van der Waals surface area contributed by atoms with Crippen molar-refractivity contribution in [1.29, 1.82) is 0 Å². The second kappa shape index (κ2) is 13.9. The van der Waals surface area contributed by atoms with E-state index in [9.17, 15) is 35.7 Å². The Bertz CT molecular complexity index is 1010. The highest BCUT2D eigenvalue weighted by atomic mass is 16.7. The molecule has 1 saturated heterocycles. The van der Waals surface area contributed by atoms with Gasteiger partial charge >= 0.3 is 0 Å². The highest BCUT2D eigenvalue weighted by molar-refractivity contribution is 5.42. The molecule has 212 valence electrons. The van der Waals surface area contributed by atoms with E-state index in [1.807, 2.05) is 0 Å². The molecule has 1 aliphatic rings. The lowest BCUT2D eigenvalue weighted by atomic mass is 9.97. The molecular formula is C27H38O11. The highest BCUT2D eigenvalue weighted by Gasteiger charge is 2.45. The summed E-state index contributed by atoms with van der Waals surface area (Å²) in [5.41, 5.74) is 1.72. The van der Waals surface area contributed by atoms with Crippen LogP contribution in [0.2, 0.25) is 0 Å². The average Bonchev–Trinajstić information content (AvgIpc) is 2.92. The van der Waals surface area contributed by atoms with Crippen molar-refractivity contribution in [1.82, 2.24) is 0 Å². The van der Waals surface area contributed by atoms with Crippen LogP contribution in [-0.4, -0.2) is 99.5 Å². The maximum absolute atomic E-state index is 11.1. The largest absolute Gasteiger partial charge is 0.504 e. The Morgan fingerprint density at radius 3 is 1.95 bits per heavy atom. The van der Waals surface area contributed by atoms with Crippen LogP contribution in [0.25, 0.3) is 0 Å². The van der Waals surface area contributed by atoms with Crippen molar-refractivity contribution in [3.63, 3.8) is 0 Å². The Balaban J connectivity index is 1.70. The Kier molecular flexibility index (Phi) is 11.0. The van der Waals surface area contributed by atoms with E-state index in [2.05, 4.69) is 0 Å². The molecule has 38 heavy (non-hydrogen) atoms. The third-order valence-corrected chi connectivity index (χ3v) is 6.76. The molecule has 0 saturated carbocycles. The predicted octanol–water partition coefficient (Wildman–Crippen LogP) is 0.616. The van der Waals surface area contributed by atoms with Crippen molar-refractivity contribution in [2.24, 2.45) is 0 Å². The SMILES string of the molecule is COc1cc(CCCC(O)C(CCc2ccc(O)c(OC)c2)O[C@@H]2O[C@H](CO)[C@@H](O)[C@H](O)[C@H]2O)ccc1O. The molecule has 0 aromatic heterocycles. The van der Waals surface area contributed by atoms with Crippen molar-refractivity contribution in [3.05, 3.63) is 47.5 Å². The molecule has 1 fully saturated rings. The van der Waals surface area contributed by atoms with Gasteiger partial charge in [-0.25, -0.2) is 0 Å². The van der Waals surface area contributed by atoms with Crippen molar-refractivity contribution >= 4 is 0 Å². The molecule has 1 heterocycles. The quantitative estimate of drug-likeness (QED) is 0.190. The molecule has 3 rings (SSSR count). The van der Waals surface area contributed by atoms with Crippen LogP contribution in [0.3, 0.4) is 0 Å². The molecule has 2 aromatic rings. The van der Waals surface area contributed by atoms with Crippen molar-refractivity contribution in [2.45, 2.75) is 75.0 Å². The normalized spacial score (nSPS) is 25.1. The summed E-state index contributed by atoms with van der Waals surface area (Å²) in [6.07, 6.45) is -6.88. The number of methoxy groups -OCH3 is 2. The summed E-state index contributed by atoms with van der Waals surface area (Å²) in [5, 5.41) is 70.8. The van der Waals surface area contributed by atoms with Crippen LogP contribution in [0.5, 0.6) is 23.0 Å². The third kappa shape index (κ3) is 7.48. The third-order valence-electron chi connectivity index (χ3n) is 6.76. The lowest BCUT2D eigenvalue weighted by Gasteiger charge is -2.41. The number of phenolic OH excluding ortho intramolecular Hbond substituents is 2. The molecular weight excluding hydrogens is 500 g/mol. The fourth-order valence-corrected chi connectivity index (χ4v) is 4.47. The average molecular weight is 539 g/mol. The van der Waals surface area contributed by atoms with E-state index in [-0.39, 0.29) is 17.9 Å². The first-order chi connectivity index (χ1) is 18.2. The van der Waals surface area contributed by atoms with Crippen LogP contribution in [0.1, 0.15) is 30.4 Å². The van der Waals surface area contributed by atoms with Crippen LogP contribution < -0.4 is 9.47 Å². The minimum atomic E-state index is -1.60. The molecule has 2 aromatic carbocycles. The van der Waals surface area contributed by atoms with Gasteiger partial charge in [0.25, 0.3) is 0 Å². The number of hydrogen-bond donors (Lipinski definition) is 7. The van der Waals surface area contributed by atoms with Crippen LogP contribution in [0.15, 0.2) is 36.4 Å². The zero-order valence-corrected chi connectivity index (χ0v) is 21.5. The zero-order chi connectivity index (χ0) is 27.8. The van der Waals surface area contributed by atoms with Gasteiger partial charge in [0.05, 0.1) is 33.0 Å². The van der Waals surface area contributed by atoms with Gasteiger partial charge in [0, 0.05) is 0 Å². The van der Waals surface area contributed by atoms with E-state index < -0.39 is 49.5 Å². The second-order valence-electron chi connectivity index (χ2n) is 9.38. The Morgan fingerprint density at radius 1 is 0.816 bits per heavy atom. The summed E-state index contributed by atoms with van der Waals surface area (Å²) in [6.45, 7) is -0.596. The Labute approximate surface area is 221 Å². The fraction of sp³-hybridized carbons (Fsp3) is 0.556. The van der Waals surface area contributed by atoms with Gasteiger partial charge in [-0.15, -0.1) is 0 Å². The topological polar surface area (TPSA) is 179 Å². The highest BCUT2D eigenvalue weighted by Crippen LogP contribution is 2.30. The minimum Gasteiger partial charge on any atom is -0.504 e. The van der Waals surface area contributed by atoms with Gasteiger partial charge in [-0.1, -0.05) is 12.1 Å². The Hall–Kier alpha value is -2.64. The number of hydrogen-bond acceptors (Lipinski definition) is 11. The number of aryl methyl sites for hydroxylation is 2. The number of benzene rings is 2. The first-order valence-corrected chi connectivity index (χ1v) is 12.5. The van der Waals surface area contributed by atoms with E-state index in [0.29, 0.717) is 37.2 Å². The van der Waals surface area contributed by atoms with Crippen molar-refractivity contribution in [2.75, 3.05) is 20.8 Å². The molecule has 0 amide bonds. The molecule has 11 heteroatoms. The molecule has 0 bridgehead atoms. The fourth-order valence-electron chi connectivity index (χ4n) is 4.47. The summed E-state index contributed by atoms with van der Waals surface area (Å²) >= 11 is 0. The number of aromatic hydroxyl groups is 2. The van der Waals surface area contributed by atoms with Gasteiger partial charge in [0.2, 0.25) is 0 Å². The zero-order valence-electron chi connectivity index (χ0n) is 21.5. The van der Waals surface area contributed by atoms with Gasteiger partial charge in [0.15, 0.2) is 29.3 Å². The first-order valence-electron chi connectivity index (χ1n) is 12.5. The van der Waals surface area contributed by atoms with Crippen molar-refractivity contribution < 1.29 is 54.7 Å². The van der Waals surface area contributed by atoms with Gasteiger partial charge < -0.3 is 54.7 Å². The standard InChI is InChI=1S/C27H38O11/c1-35-21-12-15(6-9-18(21)30)4-3-5-17(29)20(11-8-16-7-10-19(31)22(13-16)36-2)37-27-26(34)25(33)24(32)23(14-28)38-27/h6-7,9-10,12-13,17,20,23-34H,3-5,8,11,14H2,1-2H3/t17?,20?,23-,24-,25+,26-,27-/m1/s1. The molecule has 7 N–H and O–H groups in total. The van der Waals surface area contributed by atoms with Crippen LogP contribution >= 0.6 is 0 Å². The maximum atomic E-state index is 11.1. The molecule has 0 spiro atoms. The minimum absolute atomic E-state index is 0.00346. The summed E-state index contributed by atoms with van der Waals surface area (Å²) in [4.78, 5) is 0. The lowest BCUT2D eigenvalue weighted by molar-refractivity contribution is -0.317. The Morgan fingerprint density at radius 2 is 1.39 bits per heavy atom. The maximum Gasteiger partial charge on any atom is 0.187 e. The predicted molar refractivity (Wildman–Crippen MR) is 135 cm³/mol. The second-order valence-corrected chi connectivity index (χ2v) is 9.38. The molecule has 11 nitrogen and oxygen atoms in total. The van der Waals surface area contributed by atoms with E-state index >= 15 is 0 Å². The van der Waals surface area contributed by atoms with Gasteiger partial charge in [-0.05, 0) is 67.5 Å². The number of ether oxygens (including phenoxy) is 4. The van der Waals surface area contributed by atoms with E-state index in [4.69, 9.17) is 18.9 Å².